The molecule has 0 bridgehead atoms. The summed E-state index contributed by atoms with van der Waals surface area (Å²) in [4.78, 5) is 25.3. The summed E-state index contributed by atoms with van der Waals surface area (Å²) in [5, 5.41) is 21.2. The van der Waals surface area contributed by atoms with E-state index in [2.05, 4.69) is 22.9 Å². The molecule has 0 aromatic heterocycles. The van der Waals surface area contributed by atoms with Crippen LogP contribution >= 0.6 is 0 Å². The summed E-state index contributed by atoms with van der Waals surface area (Å²) in [5.41, 5.74) is 5.79. The van der Waals surface area contributed by atoms with Crippen molar-refractivity contribution < 1.29 is 29.3 Å². The van der Waals surface area contributed by atoms with E-state index in [0.717, 1.165) is 52.9 Å². The minimum Gasteiger partial charge on any atom is -0.481 e. The number of ether oxygens (including phenoxy) is 2. The average molecular weight is 613 g/mol. The first-order valence-corrected chi connectivity index (χ1v) is 15.9. The van der Waals surface area contributed by atoms with Crippen molar-refractivity contribution in [1.29, 1.82) is 0 Å². The summed E-state index contributed by atoms with van der Waals surface area (Å²) in [5.74, 6) is -1.27. The third kappa shape index (κ3) is 9.11. The summed E-state index contributed by atoms with van der Waals surface area (Å²) in [6.07, 6.45) is 6.67. The third-order valence-electron chi connectivity index (χ3n) is 8.73. The Labute approximate surface area is 265 Å². The van der Waals surface area contributed by atoms with Crippen LogP contribution in [0.5, 0.6) is 0 Å². The summed E-state index contributed by atoms with van der Waals surface area (Å²) < 4.78 is 13.3. The van der Waals surface area contributed by atoms with E-state index < -0.39 is 12.3 Å². The molecule has 5 rings (SSSR count). The van der Waals surface area contributed by atoms with Crippen LogP contribution in [-0.4, -0.2) is 52.2 Å². The molecule has 2 aliphatic rings. The molecule has 3 atom stereocenters. The van der Waals surface area contributed by atoms with Crippen molar-refractivity contribution in [1.82, 2.24) is 10.2 Å². The first kappa shape index (κ1) is 32.6. The van der Waals surface area contributed by atoms with Gasteiger partial charge in [0.05, 0.1) is 25.2 Å². The Morgan fingerprint density at radius 1 is 0.911 bits per heavy atom. The van der Waals surface area contributed by atoms with Gasteiger partial charge >= 0.3 is 5.97 Å². The minimum absolute atomic E-state index is 0.00313. The zero-order valence-electron chi connectivity index (χ0n) is 25.8. The fraction of sp³-hybridized carbons (Fsp3) is 0.405. The third-order valence-corrected chi connectivity index (χ3v) is 8.73. The van der Waals surface area contributed by atoms with Crippen molar-refractivity contribution in [2.24, 2.45) is 0 Å². The fourth-order valence-electron chi connectivity index (χ4n) is 6.34. The second kappa shape index (κ2) is 16.0. The molecule has 2 fully saturated rings. The number of nitrogens with one attached hydrogen (secondary N) is 1. The number of hydrogen-bond acceptors (Lipinski definition) is 6. The molecule has 8 nitrogen and oxygen atoms in total. The van der Waals surface area contributed by atoms with E-state index in [-0.39, 0.29) is 37.6 Å². The van der Waals surface area contributed by atoms with Gasteiger partial charge in [-0.2, -0.15) is 0 Å². The number of benzene rings is 3. The number of hydrogen-bond donors (Lipinski definition) is 3. The first-order chi connectivity index (χ1) is 21.9. The van der Waals surface area contributed by atoms with Crippen LogP contribution in [0.1, 0.15) is 79.6 Å². The molecule has 0 radical (unpaired) electrons. The molecule has 8 heteroatoms. The lowest BCUT2D eigenvalue weighted by molar-refractivity contribution is -0.253. The second-order valence-corrected chi connectivity index (χ2v) is 12.0. The smallest absolute Gasteiger partial charge is 0.303 e. The fourth-order valence-corrected chi connectivity index (χ4v) is 6.34. The Morgan fingerprint density at radius 2 is 1.64 bits per heavy atom. The van der Waals surface area contributed by atoms with Gasteiger partial charge in [-0.05, 0) is 52.8 Å². The number of nitrogens with zero attached hydrogens (tertiary/aromatic N) is 1. The summed E-state index contributed by atoms with van der Waals surface area (Å²) in [6.45, 7) is 5.98. The number of aliphatic hydroxyl groups excluding tert-OH is 1. The van der Waals surface area contributed by atoms with Crippen molar-refractivity contribution in [3.05, 3.63) is 108 Å². The number of aliphatic hydroxyl groups is 1. The number of carboxylic acids is 1. The Hall–Kier alpha value is -3.82. The van der Waals surface area contributed by atoms with Crippen molar-refractivity contribution >= 4 is 11.9 Å². The highest BCUT2D eigenvalue weighted by molar-refractivity contribution is 5.80. The second-order valence-electron chi connectivity index (χ2n) is 12.0. The van der Waals surface area contributed by atoms with Crippen LogP contribution in [0, 0.1) is 0 Å². The zero-order chi connectivity index (χ0) is 31.6. The SMILES string of the molecule is C=CCN(C[C@H]1C[C@@H](c2ccc(CO)cc2)O[C@@H](c2cccc(-c3cccc(CNC(=O)CCC(=O)O)c3)c2)O1)C1CCCC1. The van der Waals surface area contributed by atoms with Crippen molar-refractivity contribution in [3.63, 3.8) is 0 Å². The number of carboxylic acid groups (broad SMARTS) is 1. The molecule has 3 N–H and O–H groups in total. The van der Waals surface area contributed by atoms with Crippen LogP contribution in [0.3, 0.4) is 0 Å². The van der Waals surface area contributed by atoms with Crippen LogP contribution in [0.2, 0.25) is 0 Å². The molecule has 0 spiro atoms. The van der Waals surface area contributed by atoms with Gasteiger partial charge in [0.15, 0.2) is 6.29 Å². The maximum absolute atomic E-state index is 12.0. The van der Waals surface area contributed by atoms with Crippen molar-refractivity contribution in [2.75, 3.05) is 13.1 Å². The molecule has 1 saturated carbocycles. The lowest BCUT2D eigenvalue weighted by atomic mass is 9.98. The molecule has 1 saturated heterocycles. The monoisotopic (exact) mass is 612 g/mol. The number of aliphatic carboxylic acids is 1. The molecule has 238 valence electrons. The molecule has 3 aromatic carbocycles. The lowest BCUT2D eigenvalue weighted by Gasteiger charge is -2.39. The molecule has 0 unspecified atom stereocenters. The molecule has 1 aliphatic carbocycles. The van der Waals surface area contributed by atoms with Crippen molar-refractivity contribution in [2.45, 2.75) is 82.6 Å². The van der Waals surface area contributed by atoms with Gasteiger partial charge in [-0.25, -0.2) is 0 Å². The Balaban J connectivity index is 1.35. The maximum Gasteiger partial charge on any atom is 0.303 e. The zero-order valence-corrected chi connectivity index (χ0v) is 25.8. The van der Waals surface area contributed by atoms with E-state index in [1.54, 1.807) is 0 Å². The predicted octanol–water partition coefficient (Wildman–Crippen LogP) is 6.30. The number of amides is 1. The van der Waals surface area contributed by atoms with E-state index in [1.165, 1.54) is 25.7 Å². The van der Waals surface area contributed by atoms with E-state index in [1.807, 2.05) is 72.8 Å². The van der Waals surface area contributed by atoms with Gasteiger partial charge in [0.1, 0.15) is 0 Å². The molecule has 1 aliphatic heterocycles. The lowest BCUT2D eigenvalue weighted by Crippen LogP contribution is -2.43. The van der Waals surface area contributed by atoms with Gasteiger partial charge in [-0.1, -0.05) is 79.6 Å². The first-order valence-electron chi connectivity index (χ1n) is 15.9. The van der Waals surface area contributed by atoms with Crippen LogP contribution in [0.4, 0.5) is 0 Å². The van der Waals surface area contributed by atoms with Crippen LogP contribution in [0.15, 0.2) is 85.5 Å². The van der Waals surface area contributed by atoms with Gasteiger partial charge in [0, 0.05) is 44.1 Å². The quantitative estimate of drug-likeness (QED) is 0.183. The normalized spacial score (nSPS) is 20.3. The van der Waals surface area contributed by atoms with E-state index in [9.17, 15) is 14.7 Å². The number of carbonyl (C=O) groups excluding carboxylic acids is 1. The molecule has 1 amide bonds. The van der Waals surface area contributed by atoms with Crippen LogP contribution < -0.4 is 5.32 Å². The van der Waals surface area contributed by atoms with Gasteiger partial charge in [0.2, 0.25) is 5.91 Å². The van der Waals surface area contributed by atoms with Gasteiger partial charge in [-0.3, -0.25) is 14.5 Å². The highest BCUT2D eigenvalue weighted by Gasteiger charge is 2.34. The Bertz CT molecular complexity index is 1430. The molecular formula is C37H44N2O6. The van der Waals surface area contributed by atoms with E-state index in [4.69, 9.17) is 14.6 Å². The molecule has 3 aromatic rings. The maximum atomic E-state index is 12.0. The van der Waals surface area contributed by atoms with Gasteiger partial charge < -0.3 is 25.0 Å². The van der Waals surface area contributed by atoms with E-state index in [0.29, 0.717) is 12.6 Å². The van der Waals surface area contributed by atoms with Gasteiger partial charge in [0.25, 0.3) is 0 Å². The van der Waals surface area contributed by atoms with Crippen LogP contribution in [-0.2, 0) is 32.2 Å². The minimum atomic E-state index is -0.988. The van der Waals surface area contributed by atoms with Crippen molar-refractivity contribution in [3.8, 4) is 11.1 Å². The Morgan fingerprint density at radius 3 is 2.36 bits per heavy atom. The summed E-state index contributed by atoms with van der Waals surface area (Å²) >= 11 is 0. The topological polar surface area (TPSA) is 108 Å². The predicted molar refractivity (Wildman–Crippen MR) is 173 cm³/mol. The van der Waals surface area contributed by atoms with Crippen LogP contribution in [0.25, 0.3) is 11.1 Å². The molecule has 1 heterocycles. The standard InChI is InChI=1S/C37H44N2O6/c1-2-19-39(32-11-3-4-12-32)24-33-22-34(28-15-13-26(25-40)14-16-28)45-37(44-33)31-10-6-9-30(21-31)29-8-5-7-27(20-29)23-38-35(41)17-18-36(42)43/h2,5-10,13-16,20-21,32-34,37,40H,1,3-4,11-12,17-19,22-25H2,(H,38,41)(H,42,43)/t33-,34+,37+/m1/s1. The largest absolute Gasteiger partial charge is 0.481 e. The number of carbonyl (C=O) groups is 2. The average Bonchev–Trinajstić information content (AvgIpc) is 3.62. The Kier molecular flexibility index (Phi) is 11.5. The summed E-state index contributed by atoms with van der Waals surface area (Å²) in [7, 11) is 0. The number of rotatable bonds is 14. The summed E-state index contributed by atoms with van der Waals surface area (Å²) in [6, 6.07) is 24.7. The van der Waals surface area contributed by atoms with Gasteiger partial charge in [-0.15, -0.1) is 6.58 Å². The highest BCUT2D eigenvalue weighted by Crippen LogP contribution is 2.39. The van der Waals surface area contributed by atoms with E-state index >= 15 is 0 Å². The molecular weight excluding hydrogens is 568 g/mol. The molecule has 45 heavy (non-hydrogen) atoms. The highest BCUT2D eigenvalue weighted by atomic mass is 16.7.